The van der Waals surface area contributed by atoms with Crippen LogP contribution in [-0.2, 0) is 21.2 Å². The summed E-state index contributed by atoms with van der Waals surface area (Å²) < 4.78 is 41.1. The lowest BCUT2D eigenvalue weighted by molar-refractivity contribution is -0.133. The van der Waals surface area contributed by atoms with Crippen molar-refractivity contribution in [1.82, 2.24) is 10.2 Å². The molecule has 2 aromatic rings. The van der Waals surface area contributed by atoms with Gasteiger partial charge in [0.1, 0.15) is 5.76 Å². The fraction of sp³-hybridized carbons (Fsp3) is 0.542. The summed E-state index contributed by atoms with van der Waals surface area (Å²) in [7, 11) is -3.12. The third-order valence-corrected chi connectivity index (χ3v) is 7.90. The number of hydrogen-bond donors (Lipinski definition) is 1. The first-order chi connectivity index (χ1) is 15.8. The van der Waals surface area contributed by atoms with Gasteiger partial charge in [-0.1, -0.05) is 19.9 Å². The highest BCUT2D eigenvalue weighted by Gasteiger charge is 2.35. The molecule has 2 aliphatic rings. The Morgan fingerprint density at radius 1 is 1.18 bits per heavy atom. The van der Waals surface area contributed by atoms with Crippen LogP contribution in [0.5, 0.6) is 11.5 Å². The summed E-state index contributed by atoms with van der Waals surface area (Å²) in [5.41, 5.74) is 1.02. The van der Waals surface area contributed by atoms with Crippen LogP contribution >= 0.6 is 0 Å². The van der Waals surface area contributed by atoms with E-state index in [2.05, 4.69) is 19.2 Å². The number of benzene rings is 1. The SMILES string of the molecule is CC(C)[C@H](NCC(=O)N(Cc1ccco1)[C@H]1CCS(=O)(=O)C1)c1ccc2c(c1)OCCCO2. The molecular formula is C24H32N2O6S. The first-order valence-electron chi connectivity index (χ1n) is 11.5. The minimum Gasteiger partial charge on any atom is -0.490 e. The molecule has 9 heteroatoms. The first kappa shape index (κ1) is 23.6. The van der Waals surface area contributed by atoms with Gasteiger partial charge in [0, 0.05) is 18.5 Å². The average molecular weight is 477 g/mol. The van der Waals surface area contributed by atoms with Crippen LogP contribution in [0, 0.1) is 5.92 Å². The van der Waals surface area contributed by atoms with Gasteiger partial charge < -0.3 is 24.1 Å². The maximum atomic E-state index is 13.3. The Balaban J connectivity index is 1.48. The van der Waals surface area contributed by atoms with E-state index < -0.39 is 9.84 Å². The van der Waals surface area contributed by atoms with Crippen molar-refractivity contribution in [2.45, 2.75) is 45.3 Å². The van der Waals surface area contributed by atoms with Crippen LogP contribution in [0.3, 0.4) is 0 Å². The highest BCUT2D eigenvalue weighted by molar-refractivity contribution is 7.91. The van der Waals surface area contributed by atoms with Gasteiger partial charge in [-0.15, -0.1) is 0 Å². The summed E-state index contributed by atoms with van der Waals surface area (Å²) >= 11 is 0. The van der Waals surface area contributed by atoms with Gasteiger partial charge >= 0.3 is 0 Å². The van der Waals surface area contributed by atoms with Crippen LogP contribution < -0.4 is 14.8 Å². The number of sulfone groups is 1. The van der Waals surface area contributed by atoms with Gasteiger partial charge in [0.25, 0.3) is 0 Å². The number of nitrogens with zero attached hydrogens (tertiary/aromatic N) is 1. The number of rotatable bonds is 8. The molecule has 0 aliphatic carbocycles. The molecule has 1 fully saturated rings. The molecule has 0 bridgehead atoms. The Labute approximate surface area is 195 Å². The van der Waals surface area contributed by atoms with Gasteiger partial charge in [-0.2, -0.15) is 0 Å². The van der Waals surface area contributed by atoms with Crippen molar-refractivity contribution < 1.29 is 27.1 Å². The molecule has 1 N–H and O–H groups in total. The summed E-state index contributed by atoms with van der Waals surface area (Å²) in [4.78, 5) is 14.9. The van der Waals surface area contributed by atoms with E-state index in [1.807, 2.05) is 18.2 Å². The van der Waals surface area contributed by atoms with E-state index in [-0.39, 0.29) is 48.5 Å². The van der Waals surface area contributed by atoms with Gasteiger partial charge in [0.05, 0.1) is 44.1 Å². The lowest BCUT2D eigenvalue weighted by Crippen LogP contribution is -2.45. The first-order valence-corrected chi connectivity index (χ1v) is 13.3. The zero-order valence-corrected chi connectivity index (χ0v) is 20.0. The Morgan fingerprint density at radius 3 is 2.64 bits per heavy atom. The lowest BCUT2D eigenvalue weighted by Gasteiger charge is -2.30. The predicted octanol–water partition coefficient (Wildman–Crippen LogP) is 2.94. The van der Waals surface area contributed by atoms with Crippen LogP contribution in [0.4, 0.5) is 0 Å². The maximum Gasteiger partial charge on any atom is 0.237 e. The number of furan rings is 1. The standard InChI is InChI=1S/C24H32N2O6S/c1-17(2)24(18-6-7-21-22(13-18)32-11-4-10-31-21)25-14-23(27)26(15-20-5-3-9-30-20)19-8-12-33(28,29)16-19/h3,5-7,9,13,17,19,24-25H,4,8,10-12,14-16H2,1-2H3/t19-,24-/m0/s1. The van der Waals surface area contributed by atoms with E-state index in [4.69, 9.17) is 13.9 Å². The van der Waals surface area contributed by atoms with Crippen molar-refractivity contribution in [2.75, 3.05) is 31.3 Å². The average Bonchev–Trinajstić information content (AvgIpc) is 3.34. The number of hydrogen-bond acceptors (Lipinski definition) is 7. The van der Waals surface area contributed by atoms with E-state index in [0.717, 1.165) is 23.5 Å². The summed E-state index contributed by atoms with van der Waals surface area (Å²) in [6, 6.07) is 9.04. The Bertz CT molecular complexity index is 1050. The Morgan fingerprint density at radius 2 is 1.97 bits per heavy atom. The van der Waals surface area contributed by atoms with Crippen LogP contribution in [0.15, 0.2) is 41.0 Å². The summed E-state index contributed by atoms with van der Waals surface area (Å²) in [6.07, 6.45) is 2.85. The highest BCUT2D eigenvalue weighted by Crippen LogP contribution is 2.34. The molecule has 33 heavy (non-hydrogen) atoms. The molecule has 1 aromatic heterocycles. The van der Waals surface area contributed by atoms with E-state index in [0.29, 0.717) is 25.4 Å². The van der Waals surface area contributed by atoms with Gasteiger partial charge in [0.15, 0.2) is 21.3 Å². The summed E-state index contributed by atoms with van der Waals surface area (Å²) in [6.45, 7) is 5.78. The van der Waals surface area contributed by atoms with E-state index in [1.54, 1.807) is 23.3 Å². The second kappa shape index (κ2) is 10.2. The predicted molar refractivity (Wildman–Crippen MR) is 124 cm³/mol. The number of fused-ring (bicyclic) bond motifs is 1. The van der Waals surface area contributed by atoms with Crippen molar-refractivity contribution in [1.29, 1.82) is 0 Å². The fourth-order valence-corrected chi connectivity index (χ4v) is 6.15. The summed E-state index contributed by atoms with van der Waals surface area (Å²) in [5.74, 6) is 2.27. The number of nitrogens with one attached hydrogen (secondary N) is 1. The molecule has 0 radical (unpaired) electrons. The van der Waals surface area contributed by atoms with Crippen LogP contribution in [0.2, 0.25) is 0 Å². The minimum absolute atomic E-state index is 0.00474. The Hall–Kier alpha value is -2.52. The fourth-order valence-electron chi connectivity index (χ4n) is 4.42. The third-order valence-electron chi connectivity index (χ3n) is 6.15. The van der Waals surface area contributed by atoms with E-state index in [9.17, 15) is 13.2 Å². The molecule has 1 aromatic carbocycles. The molecule has 1 saturated heterocycles. The third kappa shape index (κ3) is 5.89. The van der Waals surface area contributed by atoms with Crippen molar-refractivity contribution >= 4 is 15.7 Å². The normalized spacial score (nSPS) is 20.4. The van der Waals surface area contributed by atoms with E-state index in [1.165, 1.54) is 0 Å². The largest absolute Gasteiger partial charge is 0.490 e. The smallest absolute Gasteiger partial charge is 0.237 e. The maximum absolute atomic E-state index is 13.3. The monoisotopic (exact) mass is 476 g/mol. The number of carbonyl (C=O) groups is 1. The second-order valence-electron chi connectivity index (χ2n) is 9.02. The van der Waals surface area contributed by atoms with Gasteiger partial charge in [-0.3, -0.25) is 4.79 Å². The molecule has 0 unspecified atom stereocenters. The van der Waals surface area contributed by atoms with Crippen molar-refractivity contribution in [2.24, 2.45) is 5.92 Å². The Kier molecular flexibility index (Phi) is 7.29. The summed E-state index contributed by atoms with van der Waals surface area (Å²) in [5, 5.41) is 3.39. The lowest BCUT2D eigenvalue weighted by atomic mass is 9.95. The zero-order chi connectivity index (χ0) is 23.4. The molecule has 4 rings (SSSR count). The van der Waals surface area contributed by atoms with Gasteiger partial charge in [0.2, 0.25) is 5.91 Å². The molecule has 2 aliphatic heterocycles. The van der Waals surface area contributed by atoms with Crippen molar-refractivity contribution in [3.63, 3.8) is 0 Å². The topological polar surface area (TPSA) is 98.1 Å². The van der Waals surface area contributed by atoms with Crippen LogP contribution in [-0.4, -0.2) is 56.5 Å². The van der Waals surface area contributed by atoms with Crippen molar-refractivity contribution in [3.8, 4) is 11.5 Å². The van der Waals surface area contributed by atoms with Crippen LogP contribution in [0.1, 0.15) is 44.1 Å². The van der Waals surface area contributed by atoms with Gasteiger partial charge in [-0.25, -0.2) is 8.42 Å². The van der Waals surface area contributed by atoms with E-state index >= 15 is 0 Å². The minimum atomic E-state index is -3.12. The van der Waals surface area contributed by atoms with Gasteiger partial charge in [-0.05, 0) is 42.2 Å². The molecule has 2 atom stereocenters. The van der Waals surface area contributed by atoms with Crippen molar-refractivity contribution in [3.05, 3.63) is 47.9 Å². The number of ether oxygens (including phenoxy) is 2. The number of carbonyl (C=O) groups excluding carboxylic acids is 1. The molecule has 0 spiro atoms. The molecule has 0 saturated carbocycles. The zero-order valence-electron chi connectivity index (χ0n) is 19.2. The molecule has 8 nitrogen and oxygen atoms in total. The molecule has 180 valence electrons. The highest BCUT2D eigenvalue weighted by atomic mass is 32.2. The molecule has 3 heterocycles. The quantitative estimate of drug-likeness (QED) is 0.625. The van der Waals surface area contributed by atoms with Crippen LogP contribution in [0.25, 0.3) is 0 Å². The second-order valence-corrected chi connectivity index (χ2v) is 11.2. The molecule has 1 amide bonds. The number of amides is 1. The molecular weight excluding hydrogens is 444 g/mol.